The molecule has 8 heteroatoms. The Morgan fingerprint density at radius 1 is 1.41 bits per heavy atom. The summed E-state index contributed by atoms with van der Waals surface area (Å²) in [6.07, 6.45) is 2.14. The third-order valence-electron chi connectivity index (χ3n) is 6.26. The molecule has 2 heterocycles. The zero-order chi connectivity index (χ0) is 20.8. The van der Waals surface area contributed by atoms with Gasteiger partial charge in [0.15, 0.2) is 0 Å². The molecule has 29 heavy (non-hydrogen) atoms. The van der Waals surface area contributed by atoms with E-state index >= 15 is 0 Å². The number of amides is 1. The molecule has 2 N–H and O–H groups in total. The minimum Gasteiger partial charge on any atom is -0.388 e. The van der Waals surface area contributed by atoms with E-state index in [-0.39, 0.29) is 37.8 Å². The number of carbonyl (C=O) groups is 1. The van der Waals surface area contributed by atoms with Gasteiger partial charge < -0.3 is 19.7 Å². The third-order valence-corrected chi connectivity index (χ3v) is 6.57. The van der Waals surface area contributed by atoms with Crippen molar-refractivity contribution in [3.8, 4) is 0 Å². The number of nitrogens with zero attached hydrogens (tertiary/aromatic N) is 1. The Hall–Kier alpha value is -1.70. The lowest BCUT2D eigenvalue weighted by atomic mass is 9.76. The van der Waals surface area contributed by atoms with Crippen molar-refractivity contribution in [1.29, 1.82) is 0 Å². The molecule has 3 unspecified atom stereocenters. The van der Waals surface area contributed by atoms with E-state index in [4.69, 9.17) is 16.3 Å². The molecule has 1 aromatic carbocycles. The first-order valence-electron chi connectivity index (χ1n) is 9.95. The van der Waals surface area contributed by atoms with Gasteiger partial charge in [0.25, 0.3) is 11.8 Å². The summed E-state index contributed by atoms with van der Waals surface area (Å²) < 4.78 is 35.0. The number of halogens is 3. The third kappa shape index (κ3) is 3.88. The molecular formula is C21H25ClF2N2O3. The van der Waals surface area contributed by atoms with Gasteiger partial charge in [-0.25, -0.2) is 8.78 Å². The maximum atomic E-state index is 13.7. The molecule has 2 aliphatic rings. The van der Waals surface area contributed by atoms with E-state index in [1.165, 1.54) is 6.92 Å². The monoisotopic (exact) mass is 426 g/mol. The highest BCUT2D eigenvalue weighted by atomic mass is 35.5. The van der Waals surface area contributed by atoms with Gasteiger partial charge >= 0.3 is 0 Å². The van der Waals surface area contributed by atoms with Crippen molar-refractivity contribution in [3.63, 3.8) is 0 Å². The predicted octanol–water partition coefficient (Wildman–Crippen LogP) is 4.17. The van der Waals surface area contributed by atoms with Gasteiger partial charge in [-0.1, -0.05) is 24.6 Å². The second-order valence-electron chi connectivity index (χ2n) is 8.37. The SMILES string of the molecule is CC1CC(O)(CNC(=O)c2cn(C3CCOC3)c3cccc(Cl)c23)CCC1(F)F. The Balaban J connectivity index is 1.56. The standard InChI is InChI=1S/C21H25ClF2N2O3/c1-13-9-20(28,6-7-21(13,23)24)12-25-19(27)15-10-26(14-5-8-29-11-14)17-4-2-3-16(22)18(15)17/h2-4,10,13-14,28H,5-9,11-12H2,1H3,(H,25,27). The average Bonchev–Trinajstić information content (AvgIpc) is 3.32. The molecule has 2 aromatic rings. The summed E-state index contributed by atoms with van der Waals surface area (Å²) in [5, 5.41) is 14.6. The van der Waals surface area contributed by atoms with Crippen LogP contribution in [0.15, 0.2) is 24.4 Å². The van der Waals surface area contributed by atoms with Crippen molar-refractivity contribution in [2.75, 3.05) is 19.8 Å². The number of nitrogens with one attached hydrogen (secondary N) is 1. The molecule has 1 saturated carbocycles. The molecular weight excluding hydrogens is 402 g/mol. The second-order valence-corrected chi connectivity index (χ2v) is 8.78. The number of hydrogen-bond acceptors (Lipinski definition) is 3. The number of aromatic nitrogens is 1. The molecule has 5 nitrogen and oxygen atoms in total. The lowest BCUT2D eigenvalue weighted by Gasteiger charge is -2.40. The van der Waals surface area contributed by atoms with Crippen LogP contribution in [-0.2, 0) is 4.74 Å². The van der Waals surface area contributed by atoms with Crippen LogP contribution in [0.4, 0.5) is 8.78 Å². The molecule has 0 bridgehead atoms. The Morgan fingerprint density at radius 3 is 2.90 bits per heavy atom. The zero-order valence-corrected chi connectivity index (χ0v) is 17.0. The summed E-state index contributed by atoms with van der Waals surface area (Å²) in [5.41, 5.74) is -0.0730. The van der Waals surface area contributed by atoms with E-state index in [1.807, 2.05) is 16.7 Å². The minimum absolute atomic E-state index is 0.0491. The van der Waals surface area contributed by atoms with Gasteiger partial charge in [-0.2, -0.15) is 0 Å². The molecule has 0 spiro atoms. The van der Waals surface area contributed by atoms with E-state index in [0.717, 1.165) is 11.9 Å². The van der Waals surface area contributed by atoms with Crippen LogP contribution in [0, 0.1) is 5.92 Å². The molecule has 1 amide bonds. The average molecular weight is 427 g/mol. The van der Waals surface area contributed by atoms with E-state index in [0.29, 0.717) is 29.2 Å². The van der Waals surface area contributed by atoms with Gasteiger partial charge in [0.05, 0.1) is 34.4 Å². The summed E-state index contributed by atoms with van der Waals surface area (Å²) in [4.78, 5) is 13.0. The number of benzene rings is 1. The summed E-state index contributed by atoms with van der Waals surface area (Å²) in [6, 6.07) is 5.61. The number of fused-ring (bicyclic) bond motifs is 1. The van der Waals surface area contributed by atoms with Crippen LogP contribution in [-0.4, -0.2) is 46.9 Å². The summed E-state index contributed by atoms with van der Waals surface area (Å²) in [5.74, 6) is -4.09. The van der Waals surface area contributed by atoms with E-state index in [1.54, 1.807) is 12.3 Å². The number of hydrogen-bond donors (Lipinski definition) is 2. The van der Waals surface area contributed by atoms with Gasteiger partial charge in [-0.3, -0.25) is 4.79 Å². The van der Waals surface area contributed by atoms with Crippen molar-refractivity contribution in [1.82, 2.24) is 9.88 Å². The lowest BCUT2D eigenvalue weighted by molar-refractivity contribution is -0.138. The fourth-order valence-corrected chi connectivity index (χ4v) is 4.72. The first kappa shape index (κ1) is 20.6. The fourth-order valence-electron chi connectivity index (χ4n) is 4.45. The molecule has 2 fully saturated rings. The van der Waals surface area contributed by atoms with E-state index in [9.17, 15) is 18.7 Å². The van der Waals surface area contributed by atoms with Gasteiger partial charge in [0.2, 0.25) is 0 Å². The van der Waals surface area contributed by atoms with Crippen molar-refractivity contribution >= 4 is 28.4 Å². The van der Waals surface area contributed by atoms with Crippen LogP contribution in [0.5, 0.6) is 0 Å². The molecule has 3 atom stereocenters. The minimum atomic E-state index is -2.78. The number of rotatable bonds is 4. The Morgan fingerprint density at radius 2 is 2.21 bits per heavy atom. The predicted molar refractivity (Wildman–Crippen MR) is 107 cm³/mol. The van der Waals surface area contributed by atoms with E-state index in [2.05, 4.69) is 5.32 Å². The highest BCUT2D eigenvalue weighted by molar-refractivity contribution is 6.36. The van der Waals surface area contributed by atoms with Gasteiger partial charge in [-0.05, 0) is 31.4 Å². The number of carbonyl (C=O) groups excluding carboxylic acids is 1. The van der Waals surface area contributed by atoms with Crippen LogP contribution in [0.25, 0.3) is 10.9 Å². The van der Waals surface area contributed by atoms with Crippen LogP contribution in [0.2, 0.25) is 5.02 Å². The molecule has 1 aromatic heterocycles. The van der Waals surface area contributed by atoms with Crippen molar-refractivity contribution < 1.29 is 23.4 Å². The Bertz CT molecular complexity index is 926. The van der Waals surface area contributed by atoms with Gasteiger partial charge in [0.1, 0.15) is 0 Å². The first-order chi connectivity index (χ1) is 13.7. The number of alkyl halides is 2. The van der Waals surface area contributed by atoms with E-state index < -0.39 is 17.4 Å². The van der Waals surface area contributed by atoms with Crippen LogP contribution < -0.4 is 5.32 Å². The fraction of sp³-hybridized carbons (Fsp3) is 0.571. The summed E-state index contributed by atoms with van der Waals surface area (Å²) in [6.45, 7) is 2.60. The van der Waals surface area contributed by atoms with Crippen molar-refractivity contribution in [3.05, 3.63) is 35.0 Å². The van der Waals surface area contributed by atoms with Crippen molar-refractivity contribution in [2.24, 2.45) is 5.92 Å². The van der Waals surface area contributed by atoms with Gasteiger partial charge in [0, 0.05) is 37.1 Å². The zero-order valence-electron chi connectivity index (χ0n) is 16.3. The normalized spacial score (nSPS) is 29.3. The molecule has 1 saturated heterocycles. The highest BCUT2D eigenvalue weighted by Crippen LogP contribution is 2.42. The summed E-state index contributed by atoms with van der Waals surface area (Å²) >= 11 is 6.40. The second kappa shape index (κ2) is 7.52. The Labute approximate surface area is 173 Å². The molecule has 1 aliphatic heterocycles. The molecule has 0 radical (unpaired) electrons. The van der Waals surface area contributed by atoms with Crippen LogP contribution in [0.1, 0.15) is 49.0 Å². The first-order valence-corrected chi connectivity index (χ1v) is 10.3. The lowest BCUT2D eigenvalue weighted by Crippen LogP contribution is -2.50. The molecule has 158 valence electrons. The van der Waals surface area contributed by atoms with Crippen molar-refractivity contribution in [2.45, 2.75) is 50.2 Å². The number of aliphatic hydroxyl groups is 1. The smallest absolute Gasteiger partial charge is 0.253 e. The topological polar surface area (TPSA) is 63.5 Å². The maximum Gasteiger partial charge on any atom is 0.253 e. The highest BCUT2D eigenvalue weighted by Gasteiger charge is 2.47. The molecule has 1 aliphatic carbocycles. The molecule has 4 rings (SSSR count). The quantitative estimate of drug-likeness (QED) is 0.771. The Kier molecular flexibility index (Phi) is 5.34. The summed E-state index contributed by atoms with van der Waals surface area (Å²) in [7, 11) is 0. The number of ether oxygens (including phenoxy) is 1. The van der Waals surface area contributed by atoms with Crippen LogP contribution >= 0.6 is 11.6 Å². The largest absolute Gasteiger partial charge is 0.388 e. The van der Waals surface area contributed by atoms with Crippen LogP contribution in [0.3, 0.4) is 0 Å². The van der Waals surface area contributed by atoms with Gasteiger partial charge in [-0.15, -0.1) is 0 Å². The maximum absolute atomic E-state index is 13.7.